The maximum absolute atomic E-state index is 13.5. The second kappa shape index (κ2) is 7.00. The summed E-state index contributed by atoms with van der Waals surface area (Å²) in [5.41, 5.74) is 1.17. The highest BCUT2D eigenvalue weighted by atomic mass is 19.1. The molecule has 0 fully saturated rings. The van der Waals surface area contributed by atoms with Gasteiger partial charge in [-0.25, -0.2) is 9.18 Å². The van der Waals surface area contributed by atoms with E-state index in [4.69, 9.17) is 0 Å². The Balaban J connectivity index is 1.63. The number of urea groups is 1. The Morgan fingerprint density at radius 1 is 0.958 bits per heavy atom. The number of anilines is 1. The van der Waals surface area contributed by atoms with Gasteiger partial charge in [0.2, 0.25) is 0 Å². The van der Waals surface area contributed by atoms with Gasteiger partial charge in [-0.2, -0.15) is 0 Å². The topological polar surface area (TPSA) is 61.4 Å². The minimum Gasteiger partial charge on any atom is -0.507 e. The summed E-state index contributed by atoms with van der Waals surface area (Å²) in [5, 5.41) is 16.7. The highest BCUT2D eigenvalue weighted by molar-refractivity contribution is 6.03. The number of fused-ring (bicyclic) bond motifs is 1. The van der Waals surface area contributed by atoms with Crippen molar-refractivity contribution in [3.8, 4) is 5.75 Å². The normalized spacial score (nSPS) is 10.5. The average Bonchev–Trinajstić information content (AvgIpc) is 2.58. The maximum Gasteiger partial charge on any atom is 0.319 e. The first-order valence-electron chi connectivity index (χ1n) is 7.64. The van der Waals surface area contributed by atoms with Gasteiger partial charge in [0.1, 0.15) is 11.6 Å². The molecule has 0 aromatic heterocycles. The molecule has 0 saturated heterocycles. The number of carbonyl (C=O) groups excluding carboxylic acids is 1. The fourth-order valence-corrected chi connectivity index (χ4v) is 2.58. The number of carbonyl (C=O) groups is 1. The highest BCUT2D eigenvalue weighted by Crippen LogP contribution is 2.29. The molecule has 0 aliphatic rings. The molecule has 0 radical (unpaired) electrons. The molecule has 0 aliphatic heterocycles. The minimum absolute atomic E-state index is 0.163. The molecular weight excluding hydrogens is 307 g/mol. The Bertz CT molecular complexity index is 880. The molecule has 122 valence electrons. The van der Waals surface area contributed by atoms with Crippen molar-refractivity contribution in [1.29, 1.82) is 0 Å². The largest absolute Gasteiger partial charge is 0.507 e. The molecule has 24 heavy (non-hydrogen) atoms. The van der Waals surface area contributed by atoms with E-state index in [2.05, 4.69) is 10.6 Å². The number of phenolic OH excluding ortho intramolecular Hbond substituents is 1. The van der Waals surface area contributed by atoms with Crippen LogP contribution in [-0.4, -0.2) is 17.7 Å². The first kappa shape index (κ1) is 15.8. The lowest BCUT2D eigenvalue weighted by Gasteiger charge is -2.11. The van der Waals surface area contributed by atoms with E-state index in [-0.39, 0.29) is 17.6 Å². The molecular formula is C19H17FN2O2. The van der Waals surface area contributed by atoms with Crippen LogP contribution < -0.4 is 10.6 Å². The van der Waals surface area contributed by atoms with Crippen LogP contribution in [0.3, 0.4) is 0 Å². The number of hydrogen-bond donors (Lipinski definition) is 3. The fourth-order valence-electron chi connectivity index (χ4n) is 2.58. The molecule has 0 atom stereocenters. The van der Waals surface area contributed by atoms with Gasteiger partial charge in [-0.1, -0.05) is 42.5 Å². The first-order valence-corrected chi connectivity index (χ1v) is 7.64. The second-order valence-corrected chi connectivity index (χ2v) is 5.40. The fraction of sp³-hybridized carbons (Fsp3) is 0.105. The van der Waals surface area contributed by atoms with Crippen molar-refractivity contribution < 1.29 is 14.3 Å². The van der Waals surface area contributed by atoms with E-state index in [0.717, 1.165) is 5.39 Å². The number of hydrogen-bond acceptors (Lipinski definition) is 2. The molecule has 3 N–H and O–H groups in total. The molecule has 4 nitrogen and oxygen atoms in total. The quantitative estimate of drug-likeness (QED) is 0.678. The first-order chi connectivity index (χ1) is 11.6. The van der Waals surface area contributed by atoms with Gasteiger partial charge in [0, 0.05) is 17.3 Å². The Labute approximate surface area is 138 Å². The van der Waals surface area contributed by atoms with Gasteiger partial charge >= 0.3 is 6.03 Å². The van der Waals surface area contributed by atoms with E-state index in [1.54, 1.807) is 48.5 Å². The Kier molecular flexibility index (Phi) is 4.61. The number of amides is 2. The van der Waals surface area contributed by atoms with Crippen LogP contribution in [0.1, 0.15) is 5.56 Å². The zero-order chi connectivity index (χ0) is 16.9. The van der Waals surface area contributed by atoms with Gasteiger partial charge < -0.3 is 15.7 Å². The SMILES string of the molecule is O=C(NCCc1ccccc1F)Nc1cccc2c(O)cccc12. The lowest BCUT2D eigenvalue weighted by Crippen LogP contribution is -2.30. The van der Waals surface area contributed by atoms with Crippen molar-refractivity contribution in [2.45, 2.75) is 6.42 Å². The van der Waals surface area contributed by atoms with E-state index < -0.39 is 0 Å². The average molecular weight is 324 g/mol. The number of nitrogens with one attached hydrogen (secondary N) is 2. The van der Waals surface area contributed by atoms with Crippen LogP contribution in [0.4, 0.5) is 14.9 Å². The molecule has 0 spiro atoms. The summed E-state index contributed by atoms with van der Waals surface area (Å²) >= 11 is 0. The predicted molar refractivity (Wildman–Crippen MR) is 92.7 cm³/mol. The van der Waals surface area contributed by atoms with Crippen LogP contribution in [0, 0.1) is 5.82 Å². The number of rotatable bonds is 4. The summed E-state index contributed by atoms with van der Waals surface area (Å²) in [7, 11) is 0. The second-order valence-electron chi connectivity index (χ2n) is 5.40. The summed E-state index contributed by atoms with van der Waals surface area (Å²) in [6, 6.07) is 16.6. The predicted octanol–water partition coefficient (Wildman–Crippen LogP) is 4.05. The standard InChI is InChI=1S/C19H17FN2O2/c20-16-8-2-1-5-13(16)11-12-21-19(24)22-17-9-3-7-15-14(17)6-4-10-18(15)23/h1-10,23H,11-12H2,(H2,21,22,24). The number of phenols is 1. The van der Waals surface area contributed by atoms with Crippen molar-refractivity contribution in [2.24, 2.45) is 0 Å². The molecule has 0 bridgehead atoms. The van der Waals surface area contributed by atoms with Crippen LogP contribution in [0.2, 0.25) is 0 Å². The van der Waals surface area contributed by atoms with Crippen LogP contribution in [0.15, 0.2) is 60.7 Å². The molecule has 0 heterocycles. The monoisotopic (exact) mass is 324 g/mol. The van der Waals surface area contributed by atoms with Gasteiger partial charge in [0.05, 0.1) is 5.69 Å². The lowest BCUT2D eigenvalue weighted by molar-refractivity contribution is 0.252. The Morgan fingerprint density at radius 3 is 2.54 bits per heavy atom. The summed E-state index contributed by atoms with van der Waals surface area (Å²) in [4.78, 5) is 12.0. The zero-order valence-corrected chi connectivity index (χ0v) is 12.9. The molecule has 5 heteroatoms. The third-order valence-electron chi connectivity index (χ3n) is 3.78. The highest BCUT2D eigenvalue weighted by Gasteiger charge is 2.07. The van der Waals surface area contributed by atoms with Crippen molar-refractivity contribution in [2.75, 3.05) is 11.9 Å². The molecule has 0 unspecified atom stereocenters. The molecule has 3 aromatic carbocycles. The van der Waals surface area contributed by atoms with Gasteiger partial charge in [-0.15, -0.1) is 0 Å². The van der Waals surface area contributed by atoms with Crippen LogP contribution in [0.25, 0.3) is 10.8 Å². The van der Waals surface area contributed by atoms with Crippen molar-refractivity contribution in [3.63, 3.8) is 0 Å². The van der Waals surface area contributed by atoms with Gasteiger partial charge in [-0.3, -0.25) is 0 Å². The van der Waals surface area contributed by atoms with E-state index in [1.807, 2.05) is 6.07 Å². The van der Waals surface area contributed by atoms with Gasteiger partial charge in [0.25, 0.3) is 0 Å². The molecule has 2 amide bonds. The zero-order valence-electron chi connectivity index (χ0n) is 12.9. The molecule has 0 aliphatic carbocycles. The molecule has 3 aromatic rings. The molecule has 0 saturated carbocycles. The van der Waals surface area contributed by atoms with E-state index in [1.165, 1.54) is 6.07 Å². The third kappa shape index (κ3) is 3.46. The Morgan fingerprint density at radius 2 is 1.71 bits per heavy atom. The van der Waals surface area contributed by atoms with Crippen LogP contribution >= 0.6 is 0 Å². The van der Waals surface area contributed by atoms with Crippen molar-refractivity contribution in [1.82, 2.24) is 5.32 Å². The van der Waals surface area contributed by atoms with E-state index >= 15 is 0 Å². The lowest BCUT2D eigenvalue weighted by atomic mass is 10.1. The summed E-state index contributed by atoms with van der Waals surface area (Å²) in [5.74, 6) is -0.111. The van der Waals surface area contributed by atoms with E-state index in [9.17, 15) is 14.3 Å². The number of aromatic hydroxyl groups is 1. The summed E-state index contributed by atoms with van der Waals surface area (Å²) < 4.78 is 13.5. The Hall–Kier alpha value is -3.08. The van der Waals surface area contributed by atoms with Crippen LogP contribution in [-0.2, 0) is 6.42 Å². The van der Waals surface area contributed by atoms with Crippen LogP contribution in [0.5, 0.6) is 5.75 Å². The van der Waals surface area contributed by atoms with Gasteiger partial charge in [0.15, 0.2) is 0 Å². The minimum atomic E-state index is -0.373. The van der Waals surface area contributed by atoms with Crippen molar-refractivity contribution >= 4 is 22.5 Å². The summed E-state index contributed by atoms with van der Waals surface area (Å²) in [6.07, 6.45) is 0.413. The number of halogens is 1. The third-order valence-corrected chi connectivity index (χ3v) is 3.78. The smallest absolute Gasteiger partial charge is 0.319 e. The van der Waals surface area contributed by atoms with E-state index in [0.29, 0.717) is 29.6 Å². The number of benzene rings is 3. The molecule has 3 rings (SSSR count). The van der Waals surface area contributed by atoms with Gasteiger partial charge in [-0.05, 0) is 30.2 Å². The van der Waals surface area contributed by atoms with Crippen molar-refractivity contribution in [3.05, 3.63) is 72.0 Å². The summed E-state index contributed by atoms with van der Waals surface area (Å²) in [6.45, 7) is 0.322. The maximum atomic E-state index is 13.5.